The number of rotatable bonds is 31. The molecule has 0 unspecified atom stereocenters. The van der Waals surface area contributed by atoms with Crippen LogP contribution in [-0.4, -0.2) is 77.8 Å². The third kappa shape index (κ3) is 31.8. The lowest BCUT2D eigenvalue weighted by Crippen LogP contribution is -2.13. The van der Waals surface area contributed by atoms with Crippen molar-refractivity contribution < 1.29 is 28.8 Å². The fourth-order valence-electron chi connectivity index (χ4n) is 3.80. The molecule has 0 aromatic carbocycles. The van der Waals surface area contributed by atoms with E-state index in [1.165, 1.54) is 96.3 Å². The van der Waals surface area contributed by atoms with Crippen molar-refractivity contribution >= 4 is 0 Å². The quantitative estimate of drug-likeness (QED) is 0.115. The van der Waals surface area contributed by atoms with Gasteiger partial charge in [0.25, 0.3) is 0 Å². The molecule has 6 nitrogen and oxygen atoms in total. The molecule has 1 N–H and O–H groups in total. The van der Waals surface area contributed by atoms with E-state index < -0.39 is 0 Å². The third-order valence-electron chi connectivity index (χ3n) is 5.87. The minimum absolute atomic E-state index is 0.0493. The van der Waals surface area contributed by atoms with Gasteiger partial charge in [-0.3, -0.25) is 0 Å². The molecular formula is C28H58O6. The molecule has 0 aliphatic carbocycles. The maximum Gasteiger partial charge on any atom is 0.0701 e. The molecule has 0 aromatic rings. The summed E-state index contributed by atoms with van der Waals surface area (Å²) in [5.74, 6) is 0. The zero-order chi connectivity index (χ0) is 24.6. The molecule has 0 spiro atoms. The average Bonchev–Trinajstić information content (AvgIpc) is 2.85. The highest BCUT2D eigenvalue weighted by Crippen LogP contribution is 2.13. The van der Waals surface area contributed by atoms with Gasteiger partial charge in [-0.1, -0.05) is 103 Å². The Labute approximate surface area is 211 Å². The summed E-state index contributed by atoms with van der Waals surface area (Å²) in [5.41, 5.74) is 0. The number of aliphatic hydroxyl groups is 1. The molecule has 0 bridgehead atoms. The Morgan fingerprint density at radius 2 is 0.588 bits per heavy atom. The van der Waals surface area contributed by atoms with Crippen LogP contribution in [0.2, 0.25) is 0 Å². The van der Waals surface area contributed by atoms with Crippen molar-refractivity contribution in [2.24, 2.45) is 0 Å². The summed E-state index contributed by atoms with van der Waals surface area (Å²) in [6, 6.07) is 0. The monoisotopic (exact) mass is 490 g/mol. The molecule has 0 aliphatic heterocycles. The molecule has 206 valence electrons. The van der Waals surface area contributed by atoms with E-state index in [4.69, 9.17) is 28.8 Å². The van der Waals surface area contributed by atoms with E-state index in [0.717, 1.165) is 13.0 Å². The van der Waals surface area contributed by atoms with E-state index in [2.05, 4.69) is 6.92 Å². The van der Waals surface area contributed by atoms with Crippen molar-refractivity contribution in [3.63, 3.8) is 0 Å². The summed E-state index contributed by atoms with van der Waals surface area (Å²) in [5, 5.41) is 8.57. The van der Waals surface area contributed by atoms with E-state index >= 15 is 0 Å². The van der Waals surface area contributed by atoms with Gasteiger partial charge in [-0.15, -0.1) is 0 Å². The minimum Gasteiger partial charge on any atom is -0.394 e. The second kappa shape index (κ2) is 32.8. The molecule has 0 rings (SSSR count). The fourth-order valence-corrected chi connectivity index (χ4v) is 3.80. The topological polar surface area (TPSA) is 66.4 Å². The highest BCUT2D eigenvalue weighted by Gasteiger charge is 1.96. The number of ether oxygens (including phenoxy) is 5. The van der Waals surface area contributed by atoms with Crippen LogP contribution in [0.3, 0.4) is 0 Å². The van der Waals surface area contributed by atoms with E-state index in [1.807, 2.05) is 0 Å². The van der Waals surface area contributed by atoms with E-state index in [-0.39, 0.29) is 6.61 Å². The van der Waals surface area contributed by atoms with Gasteiger partial charge < -0.3 is 28.8 Å². The number of aliphatic hydroxyl groups excluding tert-OH is 1. The molecule has 6 heteroatoms. The first-order valence-corrected chi connectivity index (χ1v) is 14.4. The van der Waals surface area contributed by atoms with Crippen molar-refractivity contribution in [3.8, 4) is 0 Å². The largest absolute Gasteiger partial charge is 0.394 e. The highest BCUT2D eigenvalue weighted by atomic mass is 16.6. The molecule has 0 atom stereocenters. The van der Waals surface area contributed by atoms with Gasteiger partial charge in [-0.25, -0.2) is 0 Å². The summed E-state index contributed by atoms with van der Waals surface area (Å²) in [6.07, 6.45) is 22.3. The van der Waals surface area contributed by atoms with Crippen molar-refractivity contribution in [1.82, 2.24) is 0 Å². The Bertz CT molecular complexity index is 311. The van der Waals surface area contributed by atoms with Gasteiger partial charge >= 0.3 is 0 Å². The Morgan fingerprint density at radius 3 is 0.912 bits per heavy atom. The normalized spacial score (nSPS) is 11.5. The van der Waals surface area contributed by atoms with Crippen LogP contribution >= 0.6 is 0 Å². The molecular weight excluding hydrogens is 432 g/mol. The standard InChI is InChI=1S/C28H58O6/c1-2-3-4-5-6-7-8-9-10-11-12-13-14-15-16-17-19-30-21-23-32-25-27-34-28-26-33-24-22-31-20-18-29/h29H,2-28H2,1H3. The molecule has 0 heterocycles. The van der Waals surface area contributed by atoms with Gasteiger partial charge in [0.2, 0.25) is 0 Å². The van der Waals surface area contributed by atoms with Crippen LogP contribution in [-0.2, 0) is 23.7 Å². The van der Waals surface area contributed by atoms with Crippen LogP contribution in [0.5, 0.6) is 0 Å². The predicted molar refractivity (Wildman–Crippen MR) is 141 cm³/mol. The molecule has 0 amide bonds. The van der Waals surface area contributed by atoms with Gasteiger partial charge in [0.1, 0.15) is 0 Å². The summed E-state index contributed by atoms with van der Waals surface area (Å²) >= 11 is 0. The van der Waals surface area contributed by atoms with Gasteiger partial charge in [0, 0.05) is 6.61 Å². The molecule has 34 heavy (non-hydrogen) atoms. The molecule has 0 radical (unpaired) electrons. The first-order valence-electron chi connectivity index (χ1n) is 14.4. The van der Waals surface area contributed by atoms with E-state index in [0.29, 0.717) is 59.5 Å². The van der Waals surface area contributed by atoms with Crippen LogP contribution in [0.15, 0.2) is 0 Å². The van der Waals surface area contributed by atoms with E-state index in [9.17, 15) is 0 Å². The lowest BCUT2D eigenvalue weighted by Gasteiger charge is -2.08. The zero-order valence-electron chi connectivity index (χ0n) is 22.6. The molecule has 0 fully saturated rings. The Hall–Kier alpha value is -0.240. The minimum atomic E-state index is 0.0493. The zero-order valence-corrected chi connectivity index (χ0v) is 22.6. The van der Waals surface area contributed by atoms with Crippen LogP contribution in [0.4, 0.5) is 0 Å². The number of hydrogen-bond acceptors (Lipinski definition) is 6. The maximum absolute atomic E-state index is 8.57. The summed E-state index contributed by atoms with van der Waals surface area (Å²) in [4.78, 5) is 0. The maximum atomic E-state index is 8.57. The second-order valence-corrected chi connectivity index (χ2v) is 9.09. The van der Waals surface area contributed by atoms with Crippen LogP contribution in [0.25, 0.3) is 0 Å². The smallest absolute Gasteiger partial charge is 0.0701 e. The SMILES string of the molecule is CCCCCCCCCCCCCCCCCCOCCOCCOCCOCCOCCO. The number of unbranched alkanes of at least 4 members (excludes halogenated alkanes) is 15. The third-order valence-corrected chi connectivity index (χ3v) is 5.87. The summed E-state index contributed by atoms with van der Waals surface area (Å²) in [6.45, 7) is 8.12. The molecule has 0 saturated carbocycles. The fraction of sp³-hybridized carbons (Fsp3) is 1.00. The lowest BCUT2D eigenvalue weighted by molar-refractivity contribution is -0.0134. The average molecular weight is 491 g/mol. The number of hydrogen-bond donors (Lipinski definition) is 1. The van der Waals surface area contributed by atoms with Gasteiger partial charge in [0.15, 0.2) is 0 Å². The Kier molecular flexibility index (Phi) is 32.5. The van der Waals surface area contributed by atoms with Crippen molar-refractivity contribution in [2.75, 3.05) is 72.7 Å². The lowest BCUT2D eigenvalue weighted by atomic mass is 10.0. The second-order valence-electron chi connectivity index (χ2n) is 9.09. The van der Waals surface area contributed by atoms with Gasteiger partial charge in [-0.2, -0.15) is 0 Å². The van der Waals surface area contributed by atoms with E-state index in [1.54, 1.807) is 0 Å². The first kappa shape index (κ1) is 33.8. The van der Waals surface area contributed by atoms with Crippen LogP contribution in [0.1, 0.15) is 110 Å². The first-order chi connectivity index (χ1) is 16.9. The highest BCUT2D eigenvalue weighted by molar-refractivity contribution is 4.50. The molecule has 0 saturated heterocycles. The van der Waals surface area contributed by atoms with Gasteiger partial charge in [-0.05, 0) is 6.42 Å². The Balaban J connectivity index is 2.99. The summed E-state index contributed by atoms with van der Waals surface area (Å²) in [7, 11) is 0. The Morgan fingerprint density at radius 1 is 0.324 bits per heavy atom. The molecule has 0 aliphatic rings. The van der Waals surface area contributed by atoms with Gasteiger partial charge in [0.05, 0.1) is 66.1 Å². The molecule has 0 aromatic heterocycles. The van der Waals surface area contributed by atoms with Crippen molar-refractivity contribution in [1.29, 1.82) is 0 Å². The summed E-state index contributed by atoms with van der Waals surface area (Å²) < 4.78 is 27.0. The van der Waals surface area contributed by atoms with Crippen molar-refractivity contribution in [3.05, 3.63) is 0 Å². The van der Waals surface area contributed by atoms with Crippen LogP contribution in [0, 0.1) is 0 Å². The van der Waals surface area contributed by atoms with Crippen molar-refractivity contribution in [2.45, 2.75) is 110 Å². The van der Waals surface area contributed by atoms with Crippen LogP contribution < -0.4 is 0 Å². The predicted octanol–water partition coefficient (Wildman–Crippen LogP) is 6.32.